The Hall–Kier alpha value is -1.00. The smallest absolute Gasteiger partial charge is 0.163 e. The van der Waals surface area contributed by atoms with Crippen LogP contribution in [0.4, 0.5) is 8.78 Å². The molecular formula is C14H19F2NO. The second kappa shape index (κ2) is 5.76. The molecular weight excluding hydrogens is 236 g/mol. The van der Waals surface area contributed by atoms with Gasteiger partial charge in [-0.2, -0.15) is 0 Å². The van der Waals surface area contributed by atoms with Gasteiger partial charge in [0, 0.05) is 17.5 Å². The van der Waals surface area contributed by atoms with Crippen molar-refractivity contribution in [2.24, 2.45) is 5.92 Å². The summed E-state index contributed by atoms with van der Waals surface area (Å²) in [6.45, 7) is 5.27. The number of nitrogens with one attached hydrogen (secondary N) is 1. The molecule has 0 amide bonds. The van der Waals surface area contributed by atoms with E-state index in [1.807, 2.05) is 13.8 Å². The predicted octanol–water partition coefficient (Wildman–Crippen LogP) is 3.04. The van der Waals surface area contributed by atoms with E-state index < -0.39 is 11.6 Å². The highest BCUT2D eigenvalue weighted by Crippen LogP contribution is 2.33. The molecule has 0 saturated carbocycles. The maximum Gasteiger partial charge on any atom is 0.163 e. The zero-order valence-electron chi connectivity index (χ0n) is 10.7. The van der Waals surface area contributed by atoms with Gasteiger partial charge in [0.25, 0.3) is 0 Å². The summed E-state index contributed by atoms with van der Waals surface area (Å²) in [6, 6.07) is 4.16. The predicted molar refractivity (Wildman–Crippen MR) is 66.3 cm³/mol. The SMILES string of the molecule is CCNC(c1cccc(F)c1F)C1COC(C)C1. The number of ether oxygens (including phenoxy) is 1. The molecule has 0 aliphatic carbocycles. The lowest BCUT2D eigenvalue weighted by Crippen LogP contribution is -2.29. The summed E-state index contributed by atoms with van der Waals surface area (Å²) in [5, 5.41) is 3.24. The van der Waals surface area contributed by atoms with Gasteiger partial charge in [0.1, 0.15) is 0 Å². The zero-order valence-corrected chi connectivity index (χ0v) is 10.7. The van der Waals surface area contributed by atoms with Crippen LogP contribution in [0, 0.1) is 17.6 Å². The van der Waals surface area contributed by atoms with Crippen molar-refractivity contribution in [1.82, 2.24) is 5.32 Å². The maximum absolute atomic E-state index is 13.9. The van der Waals surface area contributed by atoms with Gasteiger partial charge in [-0.3, -0.25) is 0 Å². The molecule has 1 aromatic rings. The maximum atomic E-state index is 13.9. The van der Waals surface area contributed by atoms with Gasteiger partial charge >= 0.3 is 0 Å². The van der Waals surface area contributed by atoms with E-state index in [9.17, 15) is 8.78 Å². The van der Waals surface area contributed by atoms with Gasteiger partial charge in [-0.05, 0) is 26.0 Å². The number of rotatable bonds is 4. The molecule has 1 N–H and O–H groups in total. The van der Waals surface area contributed by atoms with Gasteiger partial charge in [0.05, 0.1) is 12.7 Å². The standard InChI is InChI=1S/C14H19F2NO/c1-3-17-14(10-7-9(2)18-8-10)11-5-4-6-12(15)13(11)16/h4-6,9-10,14,17H,3,7-8H2,1-2H3. The summed E-state index contributed by atoms with van der Waals surface area (Å²) >= 11 is 0. The molecule has 4 heteroatoms. The molecule has 1 aromatic carbocycles. The Balaban J connectivity index is 2.26. The van der Waals surface area contributed by atoms with Crippen LogP contribution in [0.1, 0.15) is 31.9 Å². The highest BCUT2D eigenvalue weighted by atomic mass is 19.2. The number of benzene rings is 1. The normalized spacial score (nSPS) is 25.3. The summed E-state index contributed by atoms with van der Waals surface area (Å²) in [6.07, 6.45) is 1.06. The van der Waals surface area contributed by atoms with Gasteiger partial charge in [0.2, 0.25) is 0 Å². The first-order valence-electron chi connectivity index (χ1n) is 6.42. The Kier molecular flexibility index (Phi) is 4.30. The molecule has 0 bridgehead atoms. The number of hydrogen-bond acceptors (Lipinski definition) is 2. The molecule has 3 atom stereocenters. The lowest BCUT2D eigenvalue weighted by atomic mass is 9.90. The van der Waals surface area contributed by atoms with Crippen molar-refractivity contribution in [3.8, 4) is 0 Å². The van der Waals surface area contributed by atoms with E-state index in [1.165, 1.54) is 0 Å². The van der Waals surface area contributed by atoms with Crippen LogP contribution in [0.2, 0.25) is 0 Å². The third-order valence-electron chi connectivity index (χ3n) is 3.44. The van der Waals surface area contributed by atoms with Crippen molar-refractivity contribution in [2.45, 2.75) is 32.4 Å². The quantitative estimate of drug-likeness (QED) is 0.893. The fraction of sp³-hybridized carbons (Fsp3) is 0.571. The molecule has 1 aliphatic rings. The first kappa shape index (κ1) is 13.4. The van der Waals surface area contributed by atoms with Gasteiger partial charge in [-0.15, -0.1) is 0 Å². The highest BCUT2D eigenvalue weighted by Gasteiger charge is 2.32. The first-order chi connectivity index (χ1) is 8.63. The van der Waals surface area contributed by atoms with Crippen LogP contribution >= 0.6 is 0 Å². The molecule has 2 nitrogen and oxygen atoms in total. The fourth-order valence-electron chi connectivity index (χ4n) is 2.59. The molecule has 3 unspecified atom stereocenters. The minimum Gasteiger partial charge on any atom is -0.378 e. The lowest BCUT2D eigenvalue weighted by molar-refractivity contribution is 0.116. The summed E-state index contributed by atoms with van der Waals surface area (Å²) in [7, 11) is 0. The second-order valence-electron chi connectivity index (χ2n) is 4.82. The van der Waals surface area contributed by atoms with Crippen molar-refractivity contribution in [2.75, 3.05) is 13.2 Å². The molecule has 1 fully saturated rings. The summed E-state index contributed by atoms with van der Waals surface area (Å²) < 4.78 is 32.7. The van der Waals surface area contributed by atoms with Gasteiger partial charge in [-0.25, -0.2) is 8.78 Å². The minimum atomic E-state index is -0.789. The number of halogens is 2. The van der Waals surface area contributed by atoms with Crippen LogP contribution in [-0.4, -0.2) is 19.3 Å². The lowest BCUT2D eigenvalue weighted by Gasteiger charge is -2.24. The third kappa shape index (κ3) is 2.70. The van der Waals surface area contributed by atoms with E-state index in [4.69, 9.17) is 4.74 Å². The van der Waals surface area contributed by atoms with Crippen LogP contribution < -0.4 is 5.32 Å². The second-order valence-corrected chi connectivity index (χ2v) is 4.82. The van der Waals surface area contributed by atoms with Crippen LogP contribution in [0.3, 0.4) is 0 Å². The third-order valence-corrected chi connectivity index (χ3v) is 3.44. The van der Waals surface area contributed by atoms with Crippen molar-refractivity contribution < 1.29 is 13.5 Å². The monoisotopic (exact) mass is 255 g/mol. The summed E-state index contributed by atoms with van der Waals surface area (Å²) in [4.78, 5) is 0. The molecule has 1 heterocycles. The van der Waals surface area contributed by atoms with Gasteiger partial charge < -0.3 is 10.1 Å². The van der Waals surface area contributed by atoms with Crippen LogP contribution in [0.25, 0.3) is 0 Å². The molecule has 0 aromatic heterocycles. The van der Waals surface area contributed by atoms with Crippen molar-refractivity contribution in [3.05, 3.63) is 35.4 Å². The Morgan fingerprint density at radius 2 is 2.22 bits per heavy atom. The average molecular weight is 255 g/mol. The van der Waals surface area contributed by atoms with E-state index in [1.54, 1.807) is 12.1 Å². The van der Waals surface area contributed by atoms with E-state index in [0.29, 0.717) is 18.7 Å². The average Bonchev–Trinajstić information content (AvgIpc) is 2.77. The summed E-state index contributed by atoms with van der Waals surface area (Å²) in [5.41, 5.74) is 0.402. The molecule has 2 rings (SSSR count). The van der Waals surface area contributed by atoms with E-state index in [2.05, 4.69) is 5.32 Å². The molecule has 1 aliphatic heterocycles. The van der Waals surface area contributed by atoms with Gasteiger partial charge in [0.15, 0.2) is 11.6 Å². The minimum absolute atomic E-state index is 0.185. The molecule has 0 spiro atoms. The van der Waals surface area contributed by atoms with Crippen molar-refractivity contribution in [3.63, 3.8) is 0 Å². The van der Waals surface area contributed by atoms with Crippen molar-refractivity contribution >= 4 is 0 Å². The van der Waals surface area contributed by atoms with Gasteiger partial charge in [-0.1, -0.05) is 19.1 Å². The van der Waals surface area contributed by atoms with E-state index >= 15 is 0 Å². The van der Waals surface area contributed by atoms with E-state index in [-0.39, 0.29) is 18.1 Å². The van der Waals surface area contributed by atoms with E-state index in [0.717, 1.165) is 12.5 Å². The van der Waals surface area contributed by atoms with Crippen LogP contribution in [-0.2, 0) is 4.74 Å². The zero-order chi connectivity index (χ0) is 13.1. The molecule has 100 valence electrons. The Labute approximate surface area is 106 Å². The highest BCUT2D eigenvalue weighted by molar-refractivity contribution is 5.23. The topological polar surface area (TPSA) is 21.3 Å². The number of hydrogen-bond donors (Lipinski definition) is 1. The van der Waals surface area contributed by atoms with Crippen LogP contribution in [0.5, 0.6) is 0 Å². The Morgan fingerprint density at radius 3 is 2.83 bits per heavy atom. The molecule has 0 radical (unpaired) electrons. The first-order valence-corrected chi connectivity index (χ1v) is 6.42. The fourth-order valence-corrected chi connectivity index (χ4v) is 2.59. The Morgan fingerprint density at radius 1 is 1.44 bits per heavy atom. The molecule has 18 heavy (non-hydrogen) atoms. The molecule has 1 saturated heterocycles. The largest absolute Gasteiger partial charge is 0.378 e. The van der Waals surface area contributed by atoms with Crippen LogP contribution in [0.15, 0.2) is 18.2 Å². The summed E-state index contributed by atoms with van der Waals surface area (Å²) in [5.74, 6) is -1.35. The Bertz CT molecular complexity index is 411. The van der Waals surface area contributed by atoms with Crippen molar-refractivity contribution in [1.29, 1.82) is 0 Å².